The number of hydrogen-bond donors (Lipinski definition) is 1. The monoisotopic (exact) mass is 627 g/mol. The minimum absolute atomic E-state index is 0.0467. The average molecular weight is 628 g/mol. The van der Waals surface area contributed by atoms with Gasteiger partial charge >= 0.3 is 0 Å². The Labute approximate surface area is 262 Å². The maximum Gasteiger partial charge on any atom is 0.264 e. The van der Waals surface area contributed by atoms with E-state index in [4.69, 9.17) is 4.98 Å². The molecule has 2 amide bonds. The van der Waals surface area contributed by atoms with Crippen LogP contribution in [0.4, 0.5) is 5.69 Å². The Kier molecular flexibility index (Phi) is 8.46. The molecule has 0 bridgehead atoms. The first-order valence-electron chi connectivity index (χ1n) is 15.4. The van der Waals surface area contributed by atoms with E-state index in [0.717, 1.165) is 17.7 Å². The van der Waals surface area contributed by atoms with Crippen molar-refractivity contribution >= 4 is 38.4 Å². The molecule has 2 heterocycles. The van der Waals surface area contributed by atoms with Gasteiger partial charge in [0.15, 0.2) is 0 Å². The number of benzene rings is 3. The van der Waals surface area contributed by atoms with E-state index in [1.54, 1.807) is 29.7 Å². The number of carbonyl (C=O) groups is 2. The highest BCUT2D eigenvalue weighted by Gasteiger charge is 2.33. The molecular weight excluding hydrogens is 590 g/mol. The van der Waals surface area contributed by atoms with Gasteiger partial charge in [-0.25, -0.2) is 18.1 Å². The third-order valence-electron chi connectivity index (χ3n) is 8.55. The highest BCUT2D eigenvalue weighted by Crippen LogP contribution is 2.31. The Morgan fingerprint density at radius 2 is 1.67 bits per heavy atom. The summed E-state index contributed by atoms with van der Waals surface area (Å²) >= 11 is 0. The summed E-state index contributed by atoms with van der Waals surface area (Å²) in [6.07, 6.45) is 2.90. The third-order valence-corrected chi connectivity index (χ3v) is 9.95. The quantitative estimate of drug-likeness (QED) is 0.298. The standard InChI is InChI=1S/C34H37N5O5S/c1-3-6-32-35-30-16-15-27(38-19-17-37(18-20-38)23(2)40)21-29(30)34(42)39(32)22-24-9-11-25(12-10-24)28-7-4-5-8-31(28)45(43,44)36-33(41)26-13-14-26/h4-5,7-12,15-16,21,26H,3,6,13-14,17-20,22H2,1-2H3,(H,36,41). The van der Waals surface area contributed by atoms with Crippen LogP contribution in [0.1, 0.15) is 44.5 Å². The number of fused-ring (bicyclic) bond motifs is 1. The average Bonchev–Trinajstić information content (AvgIpc) is 3.89. The fraction of sp³-hybridized carbons (Fsp3) is 0.353. The molecule has 1 aromatic heterocycles. The second-order valence-electron chi connectivity index (χ2n) is 11.8. The van der Waals surface area contributed by atoms with Crippen LogP contribution in [-0.2, 0) is 32.6 Å². The molecule has 1 aliphatic carbocycles. The number of nitrogens with one attached hydrogen (secondary N) is 1. The van der Waals surface area contributed by atoms with Crippen LogP contribution in [0.3, 0.4) is 0 Å². The zero-order chi connectivity index (χ0) is 31.7. The molecule has 0 spiro atoms. The lowest BCUT2D eigenvalue weighted by Gasteiger charge is -2.35. The molecule has 45 heavy (non-hydrogen) atoms. The van der Waals surface area contributed by atoms with Gasteiger partial charge in [-0.2, -0.15) is 0 Å². The summed E-state index contributed by atoms with van der Waals surface area (Å²) in [5.74, 6) is 0.0973. The molecule has 2 aliphatic rings. The predicted octanol–water partition coefficient (Wildman–Crippen LogP) is 3.95. The zero-order valence-corrected chi connectivity index (χ0v) is 26.3. The van der Waals surface area contributed by atoms with Crippen LogP contribution >= 0.6 is 0 Å². The van der Waals surface area contributed by atoms with Gasteiger partial charge in [0, 0.05) is 56.7 Å². The number of nitrogens with zero attached hydrogens (tertiary/aromatic N) is 4. The fourth-order valence-corrected chi connectivity index (χ4v) is 7.11. The summed E-state index contributed by atoms with van der Waals surface area (Å²) in [5.41, 5.74) is 3.54. The highest BCUT2D eigenvalue weighted by atomic mass is 32.2. The third kappa shape index (κ3) is 6.49. The van der Waals surface area contributed by atoms with Crippen molar-refractivity contribution in [3.63, 3.8) is 0 Å². The Morgan fingerprint density at radius 1 is 0.956 bits per heavy atom. The smallest absolute Gasteiger partial charge is 0.264 e. The minimum atomic E-state index is -4.03. The summed E-state index contributed by atoms with van der Waals surface area (Å²) in [7, 11) is -4.03. The number of aryl methyl sites for hydroxylation is 1. The van der Waals surface area contributed by atoms with Crippen molar-refractivity contribution in [2.45, 2.75) is 51.0 Å². The van der Waals surface area contributed by atoms with E-state index in [-0.39, 0.29) is 22.3 Å². The summed E-state index contributed by atoms with van der Waals surface area (Å²) in [5, 5.41) is 0.547. The van der Waals surface area contributed by atoms with Crippen molar-refractivity contribution in [2.24, 2.45) is 5.92 Å². The van der Waals surface area contributed by atoms with Crippen LogP contribution in [0, 0.1) is 5.92 Å². The van der Waals surface area contributed by atoms with E-state index in [1.807, 2.05) is 47.4 Å². The first-order valence-corrected chi connectivity index (χ1v) is 16.9. The molecule has 1 N–H and O–H groups in total. The Bertz CT molecular complexity index is 1930. The zero-order valence-electron chi connectivity index (χ0n) is 25.5. The molecule has 0 atom stereocenters. The number of amides is 2. The fourth-order valence-electron chi connectivity index (χ4n) is 5.84. The van der Waals surface area contributed by atoms with Gasteiger partial charge in [0.05, 0.1) is 22.3 Å². The van der Waals surface area contributed by atoms with Gasteiger partial charge in [0.2, 0.25) is 11.8 Å². The highest BCUT2D eigenvalue weighted by molar-refractivity contribution is 7.90. The molecule has 4 aromatic rings. The molecule has 11 heteroatoms. The predicted molar refractivity (Wildman–Crippen MR) is 173 cm³/mol. The largest absolute Gasteiger partial charge is 0.368 e. The molecule has 2 fully saturated rings. The Morgan fingerprint density at radius 3 is 2.33 bits per heavy atom. The van der Waals surface area contributed by atoms with E-state index in [9.17, 15) is 22.8 Å². The van der Waals surface area contributed by atoms with Gasteiger partial charge in [-0.1, -0.05) is 49.4 Å². The second-order valence-corrected chi connectivity index (χ2v) is 13.5. The molecule has 1 aliphatic heterocycles. The van der Waals surface area contributed by atoms with Crippen LogP contribution in [0.5, 0.6) is 0 Å². The van der Waals surface area contributed by atoms with Crippen molar-refractivity contribution in [3.05, 3.63) is 88.5 Å². The maximum absolute atomic E-state index is 13.9. The molecule has 0 radical (unpaired) electrons. The van der Waals surface area contributed by atoms with Crippen molar-refractivity contribution in [1.29, 1.82) is 0 Å². The number of anilines is 1. The summed E-state index contributed by atoms with van der Waals surface area (Å²) in [6.45, 7) is 6.64. The lowest BCUT2D eigenvalue weighted by molar-refractivity contribution is -0.129. The number of carbonyl (C=O) groups excluding carboxylic acids is 2. The van der Waals surface area contributed by atoms with Crippen LogP contribution in [0.25, 0.3) is 22.0 Å². The summed E-state index contributed by atoms with van der Waals surface area (Å²) < 4.78 is 30.1. The number of sulfonamides is 1. The Hall–Kier alpha value is -4.51. The number of rotatable bonds is 9. The second kappa shape index (κ2) is 12.5. The van der Waals surface area contributed by atoms with E-state index >= 15 is 0 Å². The normalized spacial score (nSPS) is 15.3. The number of aromatic nitrogens is 2. The molecule has 1 saturated carbocycles. The van der Waals surface area contributed by atoms with E-state index in [2.05, 4.69) is 16.5 Å². The summed E-state index contributed by atoms with van der Waals surface area (Å²) in [6, 6.07) is 19.9. The van der Waals surface area contributed by atoms with Crippen molar-refractivity contribution in [3.8, 4) is 11.1 Å². The number of piperazine rings is 1. The van der Waals surface area contributed by atoms with E-state index in [0.29, 0.717) is 79.8 Å². The van der Waals surface area contributed by atoms with Crippen LogP contribution in [0.15, 0.2) is 76.4 Å². The topological polar surface area (TPSA) is 122 Å². The van der Waals surface area contributed by atoms with Gasteiger partial charge in [-0.3, -0.25) is 19.0 Å². The van der Waals surface area contributed by atoms with Crippen molar-refractivity contribution in [1.82, 2.24) is 19.2 Å². The molecule has 0 unspecified atom stereocenters. The van der Waals surface area contributed by atoms with Gasteiger partial charge in [0.1, 0.15) is 5.82 Å². The van der Waals surface area contributed by atoms with E-state index in [1.165, 1.54) is 6.07 Å². The number of hydrogen-bond acceptors (Lipinski definition) is 7. The van der Waals surface area contributed by atoms with Crippen LogP contribution < -0.4 is 15.2 Å². The summed E-state index contributed by atoms with van der Waals surface area (Å²) in [4.78, 5) is 46.9. The van der Waals surface area contributed by atoms with Crippen molar-refractivity contribution in [2.75, 3.05) is 31.1 Å². The molecule has 3 aromatic carbocycles. The first kappa shape index (κ1) is 30.5. The lowest BCUT2D eigenvalue weighted by atomic mass is 10.0. The molecular formula is C34H37N5O5S. The molecule has 6 rings (SSSR count). The van der Waals surface area contributed by atoms with Gasteiger partial charge in [-0.15, -0.1) is 0 Å². The van der Waals surface area contributed by atoms with Gasteiger partial charge < -0.3 is 9.80 Å². The molecule has 10 nitrogen and oxygen atoms in total. The molecule has 1 saturated heterocycles. The minimum Gasteiger partial charge on any atom is -0.368 e. The SMILES string of the molecule is CCCc1nc2ccc(N3CCN(C(C)=O)CC3)cc2c(=O)n1Cc1ccc(-c2ccccc2S(=O)(=O)NC(=O)C2CC2)cc1. The maximum atomic E-state index is 13.9. The van der Waals surface area contributed by atoms with Crippen molar-refractivity contribution < 1.29 is 18.0 Å². The van der Waals surface area contributed by atoms with Crippen LogP contribution in [0.2, 0.25) is 0 Å². The van der Waals surface area contributed by atoms with E-state index < -0.39 is 15.9 Å². The van der Waals surface area contributed by atoms with Gasteiger partial charge in [-0.05, 0) is 54.7 Å². The lowest BCUT2D eigenvalue weighted by Crippen LogP contribution is -2.48. The van der Waals surface area contributed by atoms with Crippen LogP contribution in [-0.4, -0.2) is 60.9 Å². The van der Waals surface area contributed by atoms with Gasteiger partial charge in [0.25, 0.3) is 15.6 Å². The first-order chi connectivity index (χ1) is 21.6. The molecule has 234 valence electrons. The Balaban J connectivity index is 1.28.